The third-order valence-corrected chi connectivity index (χ3v) is 5.35. The molecule has 3 unspecified atom stereocenters. The number of likely N-dealkylation sites (tertiary alicyclic amines) is 1. The average Bonchev–Trinajstić information content (AvgIpc) is 3.07. The third-order valence-electron chi connectivity index (χ3n) is 4.55. The minimum absolute atomic E-state index is 0. The molecule has 1 aliphatic rings. The largest absolute Gasteiger partial charge is 0.489 e. The maximum atomic E-state index is 11.9. The molecule has 3 atom stereocenters. The van der Waals surface area contributed by atoms with E-state index in [-0.39, 0.29) is 54.9 Å². The zero-order chi connectivity index (χ0) is 20.7. The molecule has 7 nitrogen and oxygen atoms in total. The molecule has 0 aromatic heterocycles. The van der Waals surface area contributed by atoms with E-state index in [0.29, 0.717) is 41.4 Å². The van der Waals surface area contributed by atoms with Crippen molar-refractivity contribution in [2.75, 3.05) is 39.9 Å². The molecular formula is C19H28Cl2IN3O4. The Balaban J connectivity index is 0.00000420. The Labute approximate surface area is 198 Å². The van der Waals surface area contributed by atoms with Gasteiger partial charge in [0.25, 0.3) is 0 Å². The van der Waals surface area contributed by atoms with Gasteiger partial charge in [-0.15, -0.1) is 24.0 Å². The molecule has 164 valence electrons. The summed E-state index contributed by atoms with van der Waals surface area (Å²) in [4.78, 5) is 18.4. The molecule has 1 aliphatic heterocycles. The van der Waals surface area contributed by atoms with Crippen LogP contribution in [0.5, 0.6) is 5.75 Å². The number of aliphatic hydroxyl groups is 1. The lowest BCUT2D eigenvalue weighted by Gasteiger charge is -2.22. The first-order valence-electron chi connectivity index (χ1n) is 9.23. The summed E-state index contributed by atoms with van der Waals surface area (Å²) in [5.41, 5.74) is 0. The quantitative estimate of drug-likeness (QED) is 0.231. The highest BCUT2D eigenvalue weighted by Gasteiger charge is 2.36. The highest BCUT2D eigenvalue weighted by Crippen LogP contribution is 2.31. The number of carbonyl (C=O) groups excluding carboxylic acids is 1. The average molecular weight is 560 g/mol. The number of nitrogens with zero attached hydrogens (tertiary/aromatic N) is 2. The van der Waals surface area contributed by atoms with Gasteiger partial charge >= 0.3 is 5.97 Å². The number of esters is 1. The molecule has 0 bridgehead atoms. The summed E-state index contributed by atoms with van der Waals surface area (Å²) in [5.74, 6) is 0.832. The fourth-order valence-corrected chi connectivity index (χ4v) is 3.40. The number of halogens is 3. The van der Waals surface area contributed by atoms with E-state index in [9.17, 15) is 9.90 Å². The van der Waals surface area contributed by atoms with Gasteiger partial charge in [-0.2, -0.15) is 0 Å². The number of benzene rings is 1. The molecular weight excluding hydrogens is 532 g/mol. The van der Waals surface area contributed by atoms with Crippen molar-refractivity contribution in [2.24, 2.45) is 16.8 Å². The number of carbonyl (C=O) groups is 1. The molecule has 1 aromatic carbocycles. The number of hydrogen-bond donors (Lipinski definition) is 2. The minimum Gasteiger partial charge on any atom is -0.489 e. The zero-order valence-electron chi connectivity index (χ0n) is 16.7. The van der Waals surface area contributed by atoms with E-state index >= 15 is 0 Å². The summed E-state index contributed by atoms with van der Waals surface area (Å²) in [7, 11) is 1.40. The molecule has 1 aromatic rings. The van der Waals surface area contributed by atoms with Crippen LogP contribution in [0.4, 0.5) is 0 Å². The highest BCUT2D eigenvalue weighted by molar-refractivity contribution is 14.0. The van der Waals surface area contributed by atoms with Gasteiger partial charge in [-0.3, -0.25) is 9.79 Å². The molecule has 29 heavy (non-hydrogen) atoms. The second-order valence-corrected chi connectivity index (χ2v) is 7.51. The van der Waals surface area contributed by atoms with Crippen molar-refractivity contribution in [3.05, 3.63) is 28.2 Å². The number of nitrogens with one attached hydrogen (secondary N) is 1. The predicted molar refractivity (Wildman–Crippen MR) is 126 cm³/mol. The standard InChI is InChI=1S/C19H27Cl2N3O4.HI/c1-4-22-19(24-9-12(2)14(10-24)18(26)27-3)23-8-13(25)11-28-16-7-5-6-15(20)17(16)21;/h5-7,12-14,25H,4,8-11H2,1-3H3,(H,22,23);1H. The van der Waals surface area contributed by atoms with Crippen LogP contribution in [0.1, 0.15) is 13.8 Å². The Morgan fingerprint density at radius 3 is 2.79 bits per heavy atom. The summed E-state index contributed by atoms with van der Waals surface area (Å²) < 4.78 is 10.4. The first kappa shape index (κ1) is 26.1. The molecule has 0 radical (unpaired) electrons. The molecule has 2 rings (SSSR count). The van der Waals surface area contributed by atoms with Crippen LogP contribution in [-0.2, 0) is 9.53 Å². The lowest BCUT2D eigenvalue weighted by atomic mass is 9.99. The van der Waals surface area contributed by atoms with Crippen LogP contribution < -0.4 is 10.1 Å². The fourth-order valence-electron chi connectivity index (χ4n) is 3.05. The van der Waals surface area contributed by atoms with Crippen LogP contribution in [0, 0.1) is 11.8 Å². The van der Waals surface area contributed by atoms with Crippen LogP contribution in [-0.4, -0.2) is 67.9 Å². The summed E-state index contributed by atoms with van der Waals surface area (Å²) in [6.45, 7) is 6.06. The SMILES string of the molecule is CCNC(=NCC(O)COc1cccc(Cl)c1Cl)N1CC(C)C(C(=O)OC)C1.I. The molecule has 0 aliphatic carbocycles. The molecule has 1 fully saturated rings. The van der Waals surface area contributed by atoms with Gasteiger partial charge in [0.05, 0.1) is 24.6 Å². The number of rotatable bonds is 7. The lowest BCUT2D eigenvalue weighted by molar-refractivity contribution is -0.145. The monoisotopic (exact) mass is 559 g/mol. The van der Waals surface area contributed by atoms with Gasteiger partial charge in [0.1, 0.15) is 23.5 Å². The predicted octanol–water partition coefficient (Wildman–Crippen LogP) is 3.06. The van der Waals surface area contributed by atoms with Gasteiger partial charge in [0, 0.05) is 19.6 Å². The first-order chi connectivity index (χ1) is 13.4. The lowest BCUT2D eigenvalue weighted by Crippen LogP contribution is -2.41. The van der Waals surface area contributed by atoms with Gasteiger partial charge < -0.3 is 24.8 Å². The summed E-state index contributed by atoms with van der Waals surface area (Å²) in [6, 6.07) is 5.08. The Kier molecular flexibility index (Phi) is 11.4. The molecule has 1 saturated heterocycles. The van der Waals surface area contributed by atoms with Crippen molar-refractivity contribution in [1.82, 2.24) is 10.2 Å². The van der Waals surface area contributed by atoms with E-state index < -0.39 is 6.10 Å². The number of hydrogen-bond acceptors (Lipinski definition) is 5. The van der Waals surface area contributed by atoms with Crippen molar-refractivity contribution in [3.63, 3.8) is 0 Å². The van der Waals surface area contributed by atoms with Crippen LogP contribution in [0.15, 0.2) is 23.2 Å². The van der Waals surface area contributed by atoms with Crippen molar-refractivity contribution >= 4 is 59.1 Å². The van der Waals surface area contributed by atoms with Gasteiger partial charge in [-0.25, -0.2) is 0 Å². The fraction of sp³-hybridized carbons (Fsp3) is 0.579. The van der Waals surface area contributed by atoms with Crippen molar-refractivity contribution in [2.45, 2.75) is 20.0 Å². The Morgan fingerprint density at radius 1 is 1.41 bits per heavy atom. The summed E-state index contributed by atoms with van der Waals surface area (Å²) >= 11 is 12.0. The van der Waals surface area contributed by atoms with Crippen LogP contribution >= 0.6 is 47.2 Å². The maximum Gasteiger partial charge on any atom is 0.310 e. The first-order valence-corrected chi connectivity index (χ1v) is 9.98. The molecule has 10 heteroatoms. The molecule has 0 spiro atoms. The van der Waals surface area contributed by atoms with E-state index in [1.165, 1.54) is 7.11 Å². The van der Waals surface area contributed by atoms with Crippen molar-refractivity contribution in [1.29, 1.82) is 0 Å². The zero-order valence-corrected chi connectivity index (χ0v) is 20.6. The van der Waals surface area contributed by atoms with Gasteiger partial charge in [-0.05, 0) is 25.0 Å². The Morgan fingerprint density at radius 2 is 2.14 bits per heavy atom. The van der Waals surface area contributed by atoms with Gasteiger partial charge in [0.2, 0.25) is 0 Å². The van der Waals surface area contributed by atoms with Crippen LogP contribution in [0.3, 0.4) is 0 Å². The highest BCUT2D eigenvalue weighted by atomic mass is 127. The van der Waals surface area contributed by atoms with E-state index in [4.69, 9.17) is 32.7 Å². The van der Waals surface area contributed by atoms with Crippen LogP contribution in [0.2, 0.25) is 10.0 Å². The smallest absolute Gasteiger partial charge is 0.310 e. The summed E-state index contributed by atoms with van der Waals surface area (Å²) in [6.07, 6.45) is -0.819. The molecule has 0 saturated carbocycles. The topological polar surface area (TPSA) is 83.4 Å². The van der Waals surface area contributed by atoms with E-state index in [1.807, 2.05) is 18.7 Å². The van der Waals surface area contributed by atoms with E-state index in [1.54, 1.807) is 18.2 Å². The van der Waals surface area contributed by atoms with Gasteiger partial charge in [0.15, 0.2) is 5.96 Å². The second-order valence-electron chi connectivity index (χ2n) is 6.72. The Bertz CT molecular complexity index is 708. The number of aliphatic hydroxyl groups excluding tert-OH is 1. The van der Waals surface area contributed by atoms with E-state index in [0.717, 1.165) is 0 Å². The molecule has 2 N–H and O–H groups in total. The molecule has 1 heterocycles. The number of aliphatic imine (C=N–C) groups is 1. The maximum absolute atomic E-state index is 11.9. The normalized spacial score (nSPS) is 20.1. The molecule has 0 amide bonds. The Hall–Kier alpha value is -0.970. The minimum atomic E-state index is -0.819. The van der Waals surface area contributed by atoms with Gasteiger partial charge in [-0.1, -0.05) is 36.2 Å². The van der Waals surface area contributed by atoms with E-state index in [2.05, 4.69) is 10.3 Å². The van der Waals surface area contributed by atoms with Crippen molar-refractivity contribution < 1.29 is 19.4 Å². The number of methoxy groups -OCH3 is 1. The number of guanidine groups is 1. The second kappa shape index (κ2) is 12.7. The number of ether oxygens (including phenoxy) is 2. The van der Waals surface area contributed by atoms with Crippen molar-refractivity contribution in [3.8, 4) is 5.75 Å². The third kappa shape index (κ3) is 7.34. The van der Waals surface area contributed by atoms with Crippen LogP contribution in [0.25, 0.3) is 0 Å². The summed E-state index contributed by atoms with van der Waals surface area (Å²) in [5, 5.41) is 14.1.